The number of nitriles is 1. The molecule has 4 N–H and O–H groups in total. The molecule has 0 fully saturated rings. The number of nitrogens with zero attached hydrogens (tertiary/aromatic N) is 3. The van der Waals surface area contributed by atoms with Gasteiger partial charge in [0, 0.05) is 11.4 Å². The molecule has 0 spiro atoms. The average molecular weight is 243 g/mol. The molecule has 1 amide bonds. The molecule has 0 saturated heterocycles. The molecule has 0 unspecified atom stereocenters. The van der Waals surface area contributed by atoms with Crippen molar-refractivity contribution in [3.05, 3.63) is 36.3 Å². The minimum atomic E-state index is -1.13. The SMILES string of the molecule is N#Cc1ncn(-c2ccc(NC(=O)O)cc2)c1N. The first kappa shape index (κ1) is 11.5. The molecule has 7 heteroatoms. The van der Waals surface area contributed by atoms with E-state index in [-0.39, 0.29) is 11.5 Å². The molecule has 1 aromatic heterocycles. The van der Waals surface area contributed by atoms with Gasteiger partial charge in [-0.1, -0.05) is 0 Å². The molecular weight excluding hydrogens is 234 g/mol. The van der Waals surface area contributed by atoms with Crippen molar-refractivity contribution in [1.29, 1.82) is 5.26 Å². The number of nitrogen functional groups attached to an aromatic ring is 1. The molecule has 1 aromatic carbocycles. The maximum Gasteiger partial charge on any atom is 0.409 e. The summed E-state index contributed by atoms with van der Waals surface area (Å²) >= 11 is 0. The highest BCUT2D eigenvalue weighted by molar-refractivity contribution is 5.82. The lowest BCUT2D eigenvalue weighted by atomic mass is 10.3. The van der Waals surface area contributed by atoms with Gasteiger partial charge in [0.25, 0.3) is 0 Å². The molecule has 2 rings (SSSR count). The van der Waals surface area contributed by atoms with E-state index >= 15 is 0 Å². The number of rotatable bonds is 2. The van der Waals surface area contributed by atoms with Gasteiger partial charge in [-0.05, 0) is 24.3 Å². The normalized spacial score (nSPS) is 9.72. The molecule has 18 heavy (non-hydrogen) atoms. The Bertz CT molecular complexity index is 624. The fourth-order valence-corrected chi connectivity index (χ4v) is 1.48. The Morgan fingerprint density at radius 3 is 2.61 bits per heavy atom. The number of nitrogens with one attached hydrogen (secondary N) is 1. The number of nitrogens with two attached hydrogens (primary N) is 1. The highest BCUT2D eigenvalue weighted by Gasteiger charge is 2.08. The zero-order valence-electron chi connectivity index (χ0n) is 9.16. The highest BCUT2D eigenvalue weighted by Crippen LogP contribution is 2.18. The van der Waals surface area contributed by atoms with Gasteiger partial charge in [-0.3, -0.25) is 9.88 Å². The molecular formula is C11H9N5O2. The van der Waals surface area contributed by atoms with Crippen molar-refractivity contribution < 1.29 is 9.90 Å². The number of hydrogen-bond donors (Lipinski definition) is 3. The van der Waals surface area contributed by atoms with Crippen LogP contribution in [0.15, 0.2) is 30.6 Å². The van der Waals surface area contributed by atoms with Gasteiger partial charge in [-0.25, -0.2) is 9.78 Å². The Kier molecular flexibility index (Phi) is 2.85. The lowest BCUT2D eigenvalue weighted by Crippen LogP contribution is -2.07. The second-order valence-electron chi connectivity index (χ2n) is 3.44. The Balaban J connectivity index is 2.32. The predicted octanol–water partition coefficient (Wildman–Crippen LogP) is 1.42. The van der Waals surface area contributed by atoms with E-state index in [4.69, 9.17) is 16.1 Å². The summed E-state index contributed by atoms with van der Waals surface area (Å²) in [5.41, 5.74) is 7.03. The first-order chi connectivity index (χ1) is 8.61. The van der Waals surface area contributed by atoms with Gasteiger partial charge < -0.3 is 10.8 Å². The van der Waals surface area contributed by atoms with Crippen molar-refractivity contribution in [3.63, 3.8) is 0 Å². The summed E-state index contributed by atoms with van der Waals surface area (Å²) in [6.45, 7) is 0. The Morgan fingerprint density at radius 2 is 2.11 bits per heavy atom. The molecule has 7 nitrogen and oxygen atoms in total. The Morgan fingerprint density at radius 1 is 1.44 bits per heavy atom. The number of aromatic nitrogens is 2. The standard InChI is InChI=1S/C11H9N5O2/c12-5-9-10(13)16(6-14-9)8-3-1-7(2-4-8)15-11(17)18/h1-4,6,15H,13H2,(H,17,18). The molecule has 0 aliphatic heterocycles. The number of carbonyl (C=O) groups is 1. The van der Waals surface area contributed by atoms with Crippen LogP contribution >= 0.6 is 0 Å². The van der Waals surface area contributed by atoms with Crippen LogP contribution in [-0.2, 0) is 0 Å². The van der Waals surface area contributed by atoms with E-state index in [1.807, 2.05) is 6.07 Å². The van der Waals surface area contributed by atoms with Crippen LogP contribution in [0, 0.1) is 11.3 Å². The van der Waals surface area contributed by atoms with Crippen molar-refractivity contribution in [3.8, 4) is 11.8 Å². The van der Waals surface area contributed by atoms with Crippen LogP contribution in [0.25, 0.3) is 5.69 Å². The van der Waals surface area contributed by atoms with Crippen molar-refractivity contribution >= 4 is 17.6 Å². The van der Waals surface area contributed by atoms with Crippen LogP contribution in [-0.4, -0.2) is 20.8 Å². The molecule has 2 aromatic rings. The van der Waals surface area contributed by atoms with E-state index in [1.54, 1.807) is 28.8 Å². The van der Waals surface area contributed by atoms with Crippen molar-refractivity contribution in [2.75, 3.05) is 11.1 Å². The average Bonchev–Trinajstić information content (AvgIpc) is 2.71. The third kappa shape index (κ3) is 2.08. The topological polar surface area (TPSA) is 117 Å². The van der Waals surface area contributed by atoms with E-state index in [1.165, 1.54) is 6.33 Å². The second kappa shape index (κ2) is 4.47. The quantitative estimate of drug-likeness (QED) is 0.737. The van der Waals surface area contributed by atoms with Gasteiger partial charge in [0.05, 0.1) is 0 Å². The van der Waals surface area contributed by atoms with Crippen LogP contribution in [0.2, 0.25) is 0 Å². The molecule has 0 aliphatic rings. The zero-order chi connectivity index (χ0) is 13.1. The van der Waals surface area contributed by atoms with E-state index in [0.29, 0.717) is 11.4 Å². The van der Waals surface area contributed by atoms with Crippen LogP contribution < -0.4 is 11.1 Å². The first-order valence-corrected chi connectivity index (χ1v) is 4.95. The summed E-state index contributed by atoms with van der Waals surface area (Å²) in [4.78, 5) is 14.3. The second-order valence-corrected chi connectivity index (χ2v) is 3.44. The minimum absolute atomic E-state index is 0.155. The zero-order valence-corrected chi connectivity index (χ0v) is 9.16. The Hall–Kier alpha value is -3.01. The number of hydrogen-bond acceptors (Lipinski definition) is 4. The van der Waals surface area contributed by atoms with Gasteiger partial charge in [0.2, 0.25) is 0 Å². The number of benzene rings is 1. The maximum absolute atomic E-state index is 10.4. The van der Waals surface area contributed by atoms with Crippen LogP contribution in [0.4, 0.5) is 16.3 Å². The summed E-state index contributed by atoms with van der Waals surface area (Å²) in [5, 5.41) is 19.5. The van der Waals surface area contributed by atoms with Crippen molar-refractivity contribution in [2.24, 2.45) is 0 Å². The van der Waals surface area contributed by atoms with Gasteiger partial charge in [-0.15, -0.1) is 0 Å². The molecule has 0 atom stereocenters. The highest BCUT2D eigenvalue weighted by atomic mass is 16.4. The molecule has 0 radical (unpaired) electrons. The minimum Gasteiger partial charge on any atom is -0.465 e. The Labute approximate surface area is 102 Å². The largest absolute Gasteiger partial charge is 0.465 e. The van der Waals surface area contributed by atoms with Gasteiger partial charge >= 0.3 is 6.09 Å². The third-order valence-corrected chi connectivity index (χ3v) is 2.31. The van der Waals surface area contributed by atoms with Gasteiger partial charge in [0.15, 0.2) is 5.69 Å². The summed E-state index contributed by atoms with van der Waals surface area (Å²) in [5.74, 6) is 0.247. The number of imidazole rings is 1. The number of carboxylic acid groups (broad SMARTS) is 1. The summed E-state index contributed by atoms with van der Waals surface area (Å²) in [6, 6.07) is 8.40. The van der Waals surface area contributed by atoms with E-state index in [0.717, 1.165) is 0 Å². The lowest BCUT2D eigenvalue weighted by Gasteiger charge is -2.06. The first-order valence-electron chi connectivity index (χ1n) is 4.95. The fourth-order valence-electron chi connectivity index (χ4n) is 1.48. The maximum atomic E-state index is 10.4. The lowest BCUT2D eigenvalue weighted by molar-refractivity contribution is 0.210. The number of anilines is 2. The van der Waals surface area contributed by atoms with Crippen LogP contribution in [0.3, 0.4) is 0 Å². The summed E-state index contributed by atoms with van der Waals surface area (Å²) < 4.78 is 1.54. The van der Waals surface area contributed by atoms with Crippen LogP contribution in [0.5, 0.6) is 0 Å². The van der Waals surface area contributed by atoms with E-state index in [2.05, 4.69) is 10.3 Å². The van der Waals surface area contributed by atoms with Crippen molar-refractivity contribution in [2.45, 2.75) is 0 Å². The van der Waals surface area contributed by atoms with E-state index in [9.17, 15) is 4.79 Å². The van der Waals surface area contributed by atoms with E-state index < -0.39 is 6.09 Å². The molecule has 0 bridgehead atoms. The fraction of sp³-hybridized carbons (Fsp3) is 0. The molecule has 90 valence electrons. The van der Waals surface area contributed by atoms with Crippen LogP contribution in [0.1, 0.15) is 5.69 Å². The molecule has 0 aliphatic carbocycles. The summed E-state index contributed by atoms with van der Waals surface area (Å²) in [6.07, 6.45) is 0.310. The monoisotopic (exact) mass is 243 g/mol. The smallest absolute Gasteiger partial charge is 0.409 e. The number of amides is 1. The molecule has 0 saturated carbocycles. The summed E-state index contributed by atoms with van der Waals surface area (Å²) in [7, 11) is 0. The van der Waals surface area contributed by atoms with Gasteiger partial charge in [0.1, 0.15) is 18.2 Å². The molecule has 1 heterocycles. The van der Waals surface area contributed by atoms with Crippen molar-refractivity contribution in [1.82, 2.24) is 9.55 Å². The predicted molar refractivity (Wildman–Crippen MR) is 64.3 cm³/mol. The van der Waals surface area contributed by atoms with Gasteiger partial charge in [-0.2, -0.15) is 5.26 Å². The third-order valence-electron chi connectivity index (χ3n) is 2.31.